The summed E-state index contributed by atoms with van der Waals surface area (Å²) in [6, 6.07) is 8.95. The van der Waals surface area contributed by atoms with Gasteiger partial charge in [0.2, 0.25) is 0 Å². The molecular weight excluding hydrogens is 220 g/mol. The molecule has 0 amide bonds. The van der Waals surface area contributed by atoms with E-state index >= 15 is 0 Å². The number of nitrogens with one attached hydrogen (secondary N) is 2. The van der Waals surface area contributed by atoms with E-state index in [0.29, 0.717) is 5.92 Å². The molecular formula is C16H28N2. The van der Waals surface area contributed by atoms with Gasteiger partial charge in [0.1, 0.15) is 0 Å². The molecule has 1 aromatic carbocycles. The Balaban J connectivity index is 2.12. The maximum Gasteiger partial charge on any atom is 0.0205 e. The second-order valence-electron chi connectivity index (χ2n) is 5.18. The van der Waals surface area contributed by atoms with Gasteiger partial charge in [-0.05, 0) is 49.5 Å². The van der Waals surface area contributed by atoms with Crippen molar-refractivity contribution in [3.8, 4) is 0 Å². The van der Waals surface area contributed by atoms with Gasteiger partial charge in [-0.3, -0.25) is 0 Å². The molecule has 0 aromatic heterocycles. The van der Waals surface area contributed by atoms with Gasteiger partial charge in [-0.25, -0.2) is 0 Å². The first-order chi connectivity index (χ1) is 8.74. The third kappa shape index (κ3) is 6.18. The maximum atomic E-state index is 3.49. The van der Waals surface area contributed by atoms with Crippen molar-refractivity contribution >= 4 is 0 Å². The summed E-state index contributed by atoms with van der Waals surface area (Å²) < 4.78 is 0. The Morgan fingerprint density at radius 1 is 0.944 bits per heavy atom. The van der Waals surface area contributed by atoms with Gasteiger partial charge < -0.3 is 10.6 Å². The molecule has 1 aromatic rings. The van der Waals surface area contributed by atoms with Crippen LogP contribution in [0.25, 0.3) is 0 Å². The van der Waals surface area contributed by atoms with Crippen molar-refractivity contribution in [2.75, 3.05) is 19.6 Å². The van der Waals surface area contributed by atoms with Gasteiger partial charge in [0.05, 0.1) is 0 Å². The molecule has 1 rings (SSSR count). The van der Waals surface area contributed by atoms with Gasteiger partial charge in [-0.1, -0.05) is 45.0 Å². The second-order valence-corrected chi connectivity index (χ2v) is 5.18. The van der Waals surface area contributed by atoms with Crippen LogP contribution in [-0.2, 0) is 6.54 Å². The van der Waals surface area contributed by atoms with Crippen molar-refractivity contribution in [2.45, 2.75) is 46.1 Å². The fraction of sp³-hybridized carbons (Fsp3) is 0.625. The van der Waals surface area contributed by atoms with Crippen LogP contribution in [0.2, 0.25) is 0 Å². The van der Waals surface area contributed by atoms with Gasteiger partial charge in [0, 0.05) is 6.54 Å². The lowest BCUT2D eigenvalue weighted by Gasteiger charge is -2.08. The minimum Gasteiger partial charge on any atom is -0.317 e. The summed E-state index contributed by atoms with van der Waals surface area (Å²) >= 11 is 0. The lowest BCUT2D eigenvalue weighted by atomic mass is 10.0. The quantitative estimate of drug-likeness (QED) is 0.655. The van der Waals surface area contributed by atoms with Crippen molar-refractivity contribution in [3.05, 3.63) is 35.4 Å². The van der Waals surface area contributed by atoms with Crippen molar-refractivity contribution in [3.63, 3.8) is 0 Å². The molecule has 0 radical (unpaired) electrons. The van der Waals surface area contributed by atoms with Crippen LogP contribution in [0.1, 0.15) is 50.7 Å². The van der Waals surface area contributed by atoms with Gasteiger partial charge in [0.25, 0.3) is 0 Å². The molecule has 2 nitrogen and oxygen atoms in total. The van der Waals surface area contributed by atoms with Crippen molar-refractivity contribution in [1.29, 1.82) is 0 Å². The molecule has 0 bridgehead atoms. The molecule has 0 spiro atoms. The molecule has 18 heavy (non-hydrogen) atoms. The fourth-order valence-electron chi connectivity index (χ4n) is 1.89. The average molecular weight is 248 g/mol. The summed E-state index contributed by atoms with van der Waals surface area (Å²) in [7, 11) is 0. The third-order valence-electron chi connectivity index (χ3n) is 3.11. The molecule has 0 saturated carbocycles. The standard InChI is InChI=1S/C16H28N2/c1-4-10-17-11-5-12-18-13-15-6-8-16(9-7-15)14(2)3/h6-9,14,17-18H,4-5,10-13H2,1-3H3. The Hall–Kier alpha value is -0.860. The van der Waals surface area contributed by atoms with Crippen LogP contribution in [0.15, 0.2) is 24.3 Å². The highest BCUT2D eigenvalue weighted by Gasteiger charge is 1.98. The molecule has 0 fully saturated rings. The molecule has 0 atom stereocenters. The van der Waals surface area contributed by atoms with Crippen LogP contribution < -0.4 is 10.6 Å². The largest absolute Gasteiger partial charge is 0.317 e. The van der Waals surface area contributed by atoms with E-state index < -0.39 is 0 Å². The number of rotatable bonds is 9. The normalized spacial score (nSPS) is 11.1. The maximum absolute atomic E-state index is 3.49. The highest BCUT2D eigenvalue weighted by Crippen LogP contribution is 2.14. The monoisotopic (exact) mass is 248 g/mol. The fourth-order valence-corrected chi connectivity index (χ4v) is 1.89. The van der Waals surface area contributed by atoms with Crippen molar-refractivity contribution in [1.82, 2.24) is 10.6 Å². The number of hydrogen-bond acceptors (Lipinski definition) is 2. The first-order valence-electron chi connectivity index (χ1n) is 7.24. The van der Waals surface area contributed by atoms with E-state index in [0.717, 1.165) is 26.2 Å². The summed E-state index contributed by atoms with van der Waals surface area (Å²) in [5.74, 6) is 0.622. The third-order valence-corrected chi connectivity index (χ3v) is 3.11. The molecule has 102 valence electrons. The molecule has 2 heteroatoms. The summed E-state index contributed by atoms with van der Waals surface area (Å²) in [5.41, 5.74) is 2.79. The lowest BCUT2D eigenvalue weighted by Crippen LogP contribution is -2.22. The topological polar surface area (TPSA) is 24.1 Å². The van der Waals surface area contributed by atoms with E-state index in [1.165, 1.54) is 24.0 Å². The van der Waals surface area contributed by atoms with Crippen LogP contribution >= 0.6 is 0 Å². The van der Waals surface area contributed by atoms with E-state index in [1.807, 2.05) is 0 Å². The Bertz CT molecular complexity index is 303. The number of benzene rings is 1. The minimum absolute atomic E-state index is 0.622. The highest BCUT2D eigenvalue weighted by molar-refractivity contribution is 5.24. The van der Waals surface area contributed by atoms with Crippen LogP contribution in [-0.4, -0.2) is 19.6 Å². The molecule has 0 aliphatic carbocycles. The minimum atomic E-state index is 0.622. The molecule has 0 aliphatic rings. The Labute approximate surface area is 112 Å². The summed E-state index contributed by atoms with van der Waals surface area (Å²) in [6.07, 6.45) is 2.42. The van der Waals surface area contributed by atoms with Crippen molar-refractivity contribution < 1.29 is 0 Å². The average Bonchev–Trinajstić information content (AvgIpc) is 2.38. The lowest BCUT2D eigenvalue weighted by molar-refractivity contribution is 0.592. The predicted molar refractivity (Wildman–Crippen MR) is 80.0 cm³/mol. The molecule has 2 N–H and O–H groups in total. The van der Waals surface area contributed by atoms with E-state index in [-0.39, 0.29) is 0 Å². The zero-order chi connectivity index (χ0) is 13.2. The Kier molecular flexibility index (Phi) is 7.70. The Morgan fingerprint density at radius 2 is 1.61 bits per heavy atom. The van der Waals surface area contributed by atoms with Gasteiger partial charge >= 0.3 is 0 Å². The van der Waals surface area contributed by atoms with Crippen LogP contribution in [0.4, 0.5) is 0 Å². The Morgan fingerprint density at radius 3 is 2.22 bits per heavy atom. The van der Waals surface area contributed by atoms with E-state index in [9.17, 15) is 0 Å². The van der Waals surface area contributed by atoms with Gasteiger partial charge in [-0.15, -0.1) is 0 Å². The zero-order valence-electron chi connectivity index (χ0n) is 12.1. The van der Waals surface area contributed by atoms with Gasteiger partial charge in [-0.2, -0.15) is 0 Å². The highest BCUT2D eigenvalue weighted by atomic mass is 14.9. The molecule has 0 heterocycles. The van der Waals surface area contributed by atoms with Crippen LogP contribution in [0, 0.1) is 0 Å². The van der Waals surface area contributed by atoms with E-state index in [1.54, 1.807) is 0 Å². The summed E-state index contributed by atoms with van der Waals surface area (Å²) in [5, 5.41) is 6.90. The van der Waals surface area contributed by atoms with E-state index in [4.69, 9.17) is 0 Å². The predicted octanol–water partition coefficient (Wildman–Crippen LogP) is 3.29. The number of hydrogen-bond donors (Lipinski definition) is 2. The van der Waals surface area contributed by atoms with Gasteiger partial charge in [0.15, 0.2) is 0 Å². The van der Waals surface area contributed by atoms with Crippen LogP contribution in [0.5, 0.6) is 0 Å². The zero-order valence-corrected chi connectivity index (χ0v) is 12.1. The summed E-state index contributed by atoms with van der Waals surface area (Å²) in [6.45, 7) is 11.0. The first-order valence-corrected chi connectivity index (χ1v) is 7.24. The van der Waals surface area contributed by atoms with Crippen molar-refractivity contribution in [2.24, 2.45) is 0 Å². The first kappa shape index (κ1) is 15.2. The molecule has 0 unspecified atom stereocenters. The molecule has 0 saturated heterocycles. The molecule has 0 aliphatic heterocycles. The smallest absolute Gasteiger partial charge is 0.0205 e. The second kappa shape index (κ2) is 9.12. The van der Waals surface area contributed by atoms with Crippen LogP contribution in [0.3, 0.4) is 0 Å². The SMILES string of the molecule is CCCNCCCNCc1ccc(C(C)C)cc1. The van der Waals surface area contributed by atoms with E-state index in [2.05, 4.69) is 55.7 Å². The summed E-state index contributed by atoms with van der Waals surface area (Å²) in [4.78, 5) is 0.